The standard InChI is InChI=1S/C12H10ClN3O3S/c13-6-2-1-3-7(10(6)11(14)17)15-4-9-16-8(5-20-9)12(18)19/h1-3,5,15H,4H2,(H2,14,17)(H,18,19). The number of hydrogen-bond donors (Lipinski definition) is 3. The fraction of sp³-hybridized carbons (Fsp3) is 0.0833. The van der Waals surface area contributed by atoms with E-state index in [-0.39, 0.29) is 22.8 Å². The quantitative estimate of drug-likeness (QED) is 0.785. The van der Waals surface area contributed by atoms with Crippen molar-refractivity contribution < 1.29 is 14.7 Å². The van der Waals surface area contributed by atoms with Crippen LogP contribution in [0, 0.1) is 0 Å². The largest absolute Gasteiger partial charge is 0.476 e. The predicted octanol–water partition coefficient (Wildman–Crippen LogP) is 2.21. The minimum absolute atomic E-state index is 0.00646. The van der Waals surface area contributed by atoms with E-state index in [2.05, 4.69) is 10.3 Å². The molecule has 4 N–H and O–H groups in total. The molecule has 0 aliphatic heterocycles. The smallest absolute Gasteiger partial charge is 0.355 e. The van der Waals surface area contributed by atoms with E-state index in [0.29, 0.717) is 10.7 Å². The van der Waals surface area contributed by atoms with Gasteiger partial charge in [0.05, 0.1) is 17.1 Å². The van der Waals surface area contributed by atoms with E-state index >= 15 is 0 Å². The second-order valence-electron chi connectivity index (χ2n) is 3.81. The molecular formula is C12H10ClN3O3S. The number of thiazole rings is 1. The Morgan fingerprint density at radius 3 is 2.80 bits per heavy atom. The molecule has 2 aromatic rings. The molecule has 20 heavy (non-hydrogen) atoms. The molecule has 6 nitrogen and oxygen atoms in total. The Kier molecular flexibility index (Phi) is 4.21. The molecule has 0 radical (unpaired) electrons. The average Bonchev–Trinajstić information content (AvgIpc) is 2.84. The number of hydrogen-bond acceptors (Lipinski definition) is 5. The van der Waals surface area contributed by atoms with Crippen LogP contribution in [0.15, 0.2) is 23.6 Å². The SMILES string of the molecule is NC(=O)c1c(Cl)cccc1NCc1nc(C(=O)O)cs1. The summed E-state index contributed by atoms with van der Waals surface area (Å²) >= 11 is 7.13. The average molecular weight is 312 g/mol. The number of aromatic carboxylic acids is 1. The molecule has 0 saturated heterocycles. The van der Waals surface area contributed by atoms with Crippen LogP contribution in [-0.2, 0) is 6.54 Å². The van der Waals surface area contributed by atoms with Gasteiger partial charge in [-0.1, -0.05) is 17.7 Å². The second-order valence-corrected chi connectivity index (χ2v) is 5.16. The molecule has 1 aromatic heterocycles. The number of aromatic nitrogens is 1. The van der Waals surface area contributed by atoms with Gasteiger partial charge >= 0.3 is 5.97 Å². The highest BCUT2D eigenvalue weighted by Crippen LogP contribution is 2.24. The maximum atomic E-state index is 11.4. The summed E-state index contributed by atoms with van der Waals surface area (Å²) in [5, 5.41) is 14.0. The number of amides is 1. The summed E-state index contributed by atoms with van der Waals surface area (Å²) in [5.74, 6) is -1.71. The number of carbonyl (C=O) groups is 2. The number of carbonyl (C=O) groups excluding carboxylic acids is 1. The fourth-order valence-corrected chi connectivity index (χ4v) is 2.56. The molecule has 104 valence electrons. The van der Waals surface area contributed by atoms with E-state index in [0.717, 1.165) is 0 Å². The van der Waals surface area contributed by atoms with Crippen molar-refractivity contribution in [2.24, 2.45) is 5.73 Å². The minimum Gasteiger partial charge on any atom is -0.476 e. The van der Waals surface area contributed by atoms with Crippen molar-refractivity contribution in [1.29, 1.82) is 0 Å². The molecular weight excluding hydrogens is 302 g/mol. The summed E-state index contributed by atoms with van der Waals surface area (Å²) in [6.45, 7) is 0.276. The molecule has 0 unspecified atom stereocenters. The lowest BCUT2D eigenvalue weighted by Crippen LogP contribution is -2.15. The predicted molar refractivity (Wildman–Crippen MR) is 76.4 cm³/mol. The Bertz CT molecular complexity index is 672. The molecule has 0 bridgehead atoms. The van der Waals surface area contributed by atoms with Crippen LogP contribution >= 0.6 is 22.9 Å². The Morgan fingerprint density at radius 2 is 2.20 bits per heavy atom. The first-order valence-electron chi connectivity index (χ1n) is 5.49. The van der Waals surface area contributed by atoms with Crippen LogP contribution in [0.25, 0.3) is 0 Å². The summed E-state index contributed by atoms with van der Waals surface area (Å²) < 4.78 is 0. The van der Waals surface area contributed by atoms with Gasteiger partial charge in [0.15, 0.2) is 5.69 Å². The number of halogens is 1. The van der Waals surface area contributed by atoms with Gasteiger partial charge in [-0.2, -0.15) is 0 Å². The normalized spacial score (nSPS) is 10.2. The Balaban J connectivity index is 2.16. The van der Waals surface area contributed by atoms with Gasteiger partial charge in [0, 0.05) is 11.1 Å². The molecule has 0 spiro atoms. The summed E-state index contributed by atoms with van der Waals surface area (Å²) in [7, 11) is 0. The van der Waals surface area contributed by atoms with Gasteiger partial charge in [-0.25, -0.2) is 9.78 Å². The van der Waals surface area contributed by atoms with Gasteiger partial charge in [-0.3, -0.25) is 4.79 Å². The zero-order valence-corrected chi connectivity index (χ0v) is 11.7. The van der Waals surface area contributed by atoms with Crippen molar-refractivity contribution in [3.05, 3.63) is 44.9 Å². The maximum absolute atomic E-state index is 11.4. The van der Waals surface area contributed by atoms with E-state index in [1.165, 1.54) is 16.7 Å². The molecule has 1 aromatic carbocycles. The maximum Gasteiger partial charge on any atom is 0.355 e. The zero-order chi connectivity index (χ0) is 14.7. The van der Waals surface area contributed by atoms with Crippen molar-refractivity contribution in [2.75, 3.05) is 5.32 Å². The number of primary amides is 1. The summed E-state index contributed by atoms with van der Waals surface area (Å²) in [6, 6.07) is 4.91. The van der Waals surface area contributed by atoms with Crippen LogP contribution in [0.3, 0.4) is 0 Å². The van der Waals surface area contributed by atoms with Gasteiger partial charge in [-0.15, -0.1) is 11.3 Å². The van der Waals surface area contributed by atoms with Gasteiger partial charge in [0.2, 0.25) is 0 Å². The van der Waals surface area contributed by atoms with E-state index in [4.69, 9.17) is 22.4 Å². The number of nitrogens with one attached hydrogen (secondary N) is 1. The topological polar surface area (TPSA) is 105 Å². The van der Waals surface area contributed by atoms with Crippen LogP contribution < -0.4 is 11.1 Å². The summed E-state index contributed by atoms with van der Waals surface area (Å²) in [6.07, 6.45) is 0. The number of carboxylic acid groups (broad SMARTS) is 1. The van der Waals surface area contributed by atoms with E-state index < -0.39 is 11.9 Å². The third-order valence-corrected chi connectivity index (χ3v) is 3.62. The van der Waals surface area contributed by atoms with Crippen molar-refractivity contribution in [2.45, 2.75) is 6.54 Å². The summed E-state index contributed by atoms with van der Waals surface area (Å²) in [5.41, 5.74) is 5.95. The second kappa shape index (κ2) is 5.89. The van der Waals surface area contributed by atoms with E-state index in [1.54, 1.807) is 18.2 Å². The Labute approximate surface area is 123 Å². The van der Waals surface area contributed by atoms with Gasteiger partial charge in [0.1, 0.15) is 5.01 Å². The minimum atomic E-state index is -1.08. The van der Waals surface area contributed by atoms with Crippen molar-refractivity contribution >= 4 is 40.5 Å². The number of anilines is 1. The first kappa shape index (κ1) is 14.3. The molecule has 0 saturated carbocycles. The molecule has 0 aliphatic carbocycles. The van der Waals surface area contributed by atoms with E-state index in [1.807, 2.05) is 0 Å². The molecule has 0 aliphatic rings. The first-order valence-corrected chi connectivity index (χ1v) is 6.74. The number of carboxylic acids is 1. The molecule has 0 atom stereocenters. The number of rotatable bonds is 5. The van der Waals surface area contributed by atoms with Crippen LogP contribution in [-0.4, -0.2) is 22.0 Å². The third kappa shape index (κ3) is 3.06. The van der Waals surface area contributed by atoms with Crippen molar-refractivity contribution in [3.8, 4) is 0 Å². The molecule has 1 heterocycles. The highest BCUT2D eigenvalue weighted by Gasteiger charge is 2.13. The van der Waals surface area contributed by atoms with Gasteiger partial charge < -0.3 is 16.2 Å². The molecule has 0 fully saturated rings. The Morgan fingerprint density at radius 1 is 1.45 bits per heavy atom. The van der Waals surface area contributed by atoms with Crippen LogP contribution in [0.5, 0.6) is 0 Å². The van der Waals surface area contributed by atoms with Crippen LogP contribution in [0.1, 0.15) is 25.9 Å². The molecule has 2 rings (SSSR count). The van der Waals surface area contributed by atoms with Gasteiger partial charge in [-0.05, 0) is 12.1 Å². The van der Waals surface area contributed by atoms with E-state index in [9.17, 15) is 9.59 Å². The molecule has 1 amide bonds. The molecule has 8 heteroatoms. The van der Waals surface area contributed by atoms with Gasteiger partial charge in [0.25, 0.3) is 5.91 Å². The number of benzene rings is 1. The highest BCUT2D eigenvalue weighted by atomic mass is 35.5. The highest BCUT2D eigenvalue weighted by molar-refractivity contribution is 7.09. The summed E-state index contributed by atoms with van der Waals surface area (Å²) in [4.78, 5) is 26.0. The van der Waals surface area contributed by atoms with Crippen LogP contribution in [0.2, 0.25) is 5.02 Å². The van der Waals surface area contributed by atoms with Crippen LogP contribution in [0.4, 0.5) is 5.69 Å². The lowest BCUT2D eigenvalue weighted by molar-refractivity contribution is 0.0691. The Hall–Kier alpha value is -2.12. The lowest BCUT2D eigenvalue weighted by Gasteiger charge is -2.09. The van der Waals surface area contributed by atoms with Crippen molar-refractivity contribution in [1.82, 2.24) is 4.98 Å². The number of nitrogens with zero attached hydrogens (tertiary/aromatic N) is 1. The lowest BCUT2D eigenvalue weighted by atomic mass is 10.1. The number of nitrogens with two attached hydrogens (primary N) is 1. The monoisotopic (exact) mass is 311 g/mol. The van der Waals surface area contributed by atoms with Crippen molar-refractivity contribution in [3.63, 3.8) is 0 Å². The first-order chi connectivity index (χ1) is 9.49. The zero-order valence-electron chi connectivity index (χ0n) is 10.1. The third-order valence-electron chi connectivity index (χ3n) is 2.46. The fourth-order valence-electron chi connectivity index (χ4n) is 1.58.